The summed E-state index contributed by atoms with van der Waals surface area (Å²) < 4.78 is 15.1. The molecular formula is C11H19NO5. The number of esters is 1. The molecule has 17 heavy (non-hydrogen) atoms. The summed E-state index contributed by atoms with van der Waals surface area (Å²) in [6, 6.07) is -0.656. The van der Waals surface area contributed by atoms with Crippen molar-refractivity contribution < 1.29 is 23.8 Å². The summed E-state index contributed by atoms with van der Waals surface area (Å²) in [5.74, 6) is -0.667. The summed E-state index contributed by atoms with van der Waals surface area (Å²) in [6.07, 6.45) is -0.0171. The molecule has 1 amide bonds. The van der Waals surface area contributed by atoms with Crippen LogP contribution in [0.4, 0.5) is 0 Å². The lowest BCUT2D eigenvalue weighted by molar-refractivity contribution is -0.163. The van der Waals surface area contributed by atoms with Crippen molar-refractivity contribution in [2.75, 3.05) is 33.5 Å². The van der Waals surface area contributed by atoms with E-state index in [9.17, 15) is 9.59 Å². The topological polar surface area (TPSA) is 65.1 Å². The normalized spacial score (nSPS) is 20.5. The van der Waals surface area contributed by atoms with Crippen LogP contribution in [0.3, 0.4) is 0 Å². The minimum Gasteiger partial charge on any atom is -0.467 e. The summed E-state index contributed by atoms with van der Waals surface area (Å²) in [5.41, 5.74) is 0. The van der Waals surface area contributed by atoms with Crippen LogP contribution in [-0.4, -0.2) is 62.4 Å². The van der Waals surface area contributed by atoms with Crippen LogP contribution in [-0.2, 0) is 23.8 Å². The number of nitrogens with zero attached hydrogens (tertiary/aromatic N) is 1. The summed E-state index contributed by atoms with van der Waals surface area (Å²) >= 11 is 0. The molecule has 0 radical (unpaired) electrons. The molecule has 1 unspecified atom stereocenters. The first-order valence-corrected chi connectivity index (χ1v) is 5.63. The predicted molar refractivity (Wildman–Crippen MR) is 59.4 cm³/mol. The van der Waals surface area contributed by atoms with E-state index in [2.05, 4.69) is 4.74 Å². The highest BCUT2D eigenvalue weighted by Crippen LogP contribution is 2.09. The third kappa shape index (κ3) is 3.98. The van der Waals surface area contributed by atoms with Crippen molar-refractivity contribution in [3.63, 3.8) is 0 Å². The van der Waals surface area contributed by atoms with Gasteiger partial charge in [0, 0.05) is 6.54 Å². The zero-order valence-corrected chi connectivity index (χ0v) is 10.5. The van der Waals surface area contributed by atoms with Crippen LogP contribution in [0.5, 0.6) is 0 Å². The van der Waals surface area contributed by atoms with E-state index in [-0.39, 0.29) is 25.2 Å². The lowest BCUT2D eigenvalue weighted by atomic mass is 10.2. The molecule has 0 bridgehead atoms. The first-order valence-electron chi connectivity index (χ1n) is 5.63. The van der Waals surface area contributed by atoms with Gasteiger partial charge in [-0.1, -0.05) is 0 Å². The number of hydrogen-bond donors (Lipinski definition) is 0. The largest absolute Gasteiger partial charge is 0.467 e. The Labute approximate surface area is 101 Å². The molecule has 0 aromatic heterocycles. The third-order valence-electron chi connectivity index (χ3n) is 2.46. The maximum atomic E-state index is 11.9. The second-order valence-electron chi connectivity index (χ2n) is 4.06. The summed E-state index contributed by atoms with van der Waals surface area (Å²) in [6.45, 7) is 4.68. The van der Waals surface area contributed by atoms with Crippen LogP contribution >= 0.6 is 0 Å². The standard InChI is InChI=1S/C11H19NO5/c1-8(2)17-7-10(13)12-4-5-16-6-9(12)11(14)15-3/h8-9H,4-7H2,1-3H3. The fourth-order valence-electron chi connectivity index (χ4n) is 1.55. The second-order valence-corrected chi connectivity index (χ2v) is 4.06. The Morgan fingerprint density at radius 3 is 2.76 bits per heavy atom. The minimum absolute atomic E-state index is 0.0171. The van der Waals surface area contributed by atoms with Crippen molar-refractivity contribution in [3.05, 3.63) is 0 Å². The molecular weight excluding hydrogens is 226 g/mol. The van der Waals surface area contributed by atoms with E-state index in [4.69, 9.17) is 9.47 Å². The third-order valence-corrected chi connectivity index (χ3v) is 2.46. The molecule has 1 heterocycles. The molecule has 1 rings (SSSR count). The SMILES string of the molecule is COC(=O)C1COCCN1C(=O)COC(C)C. The molecule has 0 aromatic rings. The van der Waals surface area contributed by atoms with E-state index in [1.54, 1.807) is 0 Å². The zero-order chi connectivity index (χ0) is 12.8. The number of rotatable bonds is 4. The van der Waals surface area contributed by atoms with Gasteiger partial charge in [-0.25, -0.2) is 4.79 Å². The van der Waals surface area contributed by atoms with Crippen molar-refractivity contribution >= 4 is 11.9 Å². The summed E-state index contributed by atoms with van der Waals surface area (Å²) in [5, 5.41) is 0. The molecule has 0 aromatic carbocycles. The lowest BCUT2D eigenvalue weighted by Gasteiger charge is -2.33. The van der Waals surface area contributed by atoms with Crippen molar-refractivity contribution in [1.29, 1.82) is 0 Å². The van der Waals surface area contributed by atoms with E-state index >= 15 is 0 Å². The Hall–Kier alpha value is -1.14. The van der Waals surface area contributed by atoms with E-state index < -0.39 is 12.0 Å². The molecule has 1 atom stereocenters. The minimum atomic E-state index is -0.656. The molecule has 6 heteroatoms. The molecule has 0 saturated carbocycles. The highest BCUT2D eigenvalue weighted by Gasteiger charge is 2.33. The highest BCUT2D eigenvalue weighted by molar-refractivity contribution is 5.85. The van der Waals surface area contributed by atoms with Gasteiger partial charge in [0.2, 0.25) is 5.91 Å². The molecule has 0 aliphatic carbocycles. The number of hydrogen-bond acceptors (Lipinski definition) is 5. The van der Waals surface area contributed by atoms with Gasteiger partial charge in [-0.05, 0) is 13.8 Å². The van der Waals surface area contributed by atoms with Crippen LogP contribution < -0.4 is 0 Å². The maximum Gasteiger partial charge on any atom is 0.331 e. The Kier molecular flexibility index (Phi) is 5.37. The fraction of sp³-hybridized carbons (Fsp3) is 0.818. The fourth-order valence-corrected chi connectivity index (χ4v) is 1.55. The van der Waals surface area contributed by atoms with Gasteiger partial charge in [0.05, 0.1) is 26.4 Å². The molecule has 1 aliphatic heterocycles. The number of carbonyl (C=O) groups is 2. The Morgan fingerprint density at radius 2 is 2.18 bits per heavy atom. The van der Waals surface area contributed by atoms with Gasteiger partial charge >= 0.3 is 5.97 Å². The molecule has 1 fully saturated rings. The smallest absolute Gasteiger partial charge is 0.331 e. The van der Waals surface area contributed by atoms with Gasteiger partial charge < -0.3 is 19.1 Å². The highest BCUT2D eigenvalue weighted by atomic mass is 16.5. The van der Waals surface area contributed by atoms with Gasteiger partial charge in [0.15, 0.2) is 6.04 Å². The molecule has 98 valence electrons. The van der Waals surface area contributed by atoms with E-state index in [1.165, 1.54) is 12.0 Å². The van der Waals surface area contributed by atoms with Crippen LogP contribution in [0.1, 0.15) is 13.8 Å². The van der Waals surface area contributed by atoms with E-state index in [0.717, 1.165) is 0 Å². The van der Waals surface area contributed by atoms with Gasteiger partial charge in [-0.3, -0.25) is 4.79 Å². The van der Waals surface area contributed by atoms with E-state index in [1.807, 2.05) is 13.8 Å². The van der Waals surface area contributed by atoms with Crippen molar-refractivity contribution in [2.45, 2.75) is 26.0 Å². The first-order chi connectivity index (χ1) is 8.06. The van der Waals surface area contributed by atoms with Gasteiger partial charge in [0.25, 0.3) is 0 Å². The van der Waals surface area contributed by atoms with Crippen LogP contribution in [0.2, 0.25) is 0 Å². The molecule has 1 aliphatic rings. The van der Waals surface area contributed by atoms with Crippen molar-refractivity contribution in [2.24, 2.45) is 0 Å². The average Bonchev–Trinajstić information content (AvgIpc) is 2.34. The van der Waals surface area contributed by atoms with E-state index in [0.29, 0.717) is 13.2 Å². The van der Waals surface area contributed by atoms with Crippen LogP contribution in [0.15, 0.2) is 0 Å². The summed E-state index contributed by atoms with van der Waals surface area (Å²) in [7, 11) is 1.30. The lowest BCUT2D eigenvalue weighted by Crippen LogP contribution is -2.54. The van der Waals surface area contributed by atoms with Crippen LogP contribution in [0, 0.1) is 0 Å². The van der Waals surface area contributed by atoms with Gasteiger partial charge in [-0.2, -0.15) is 0 Å². The Morgan fingerprint density at radius 1 is 1.47 bits per heavy atom. The Balaban J connectivity index is 2.58. The molecule has 0 N–H and O–H groups in total. The predicted octanol–water partition coefficient (Wildman–Crippen LogP) is -0.188. The Bertz CT molecular complexity index is 279. The van der Waals surface area contributed by atoms with Gasteiger partial charge in [0.1, 0.15) is 6.61 Å². The zero-order valence-electron chi connectivity index (χ0n) is 10.5. The quantitative estimate of drug-likeness (QED) is 0.642. The first kappa shape index (κ1) is 13.9. The number of amides is 1. The molecule has 0 spiro atoms. The summed E-state index contributed by atoms with van der Waals surface area (Å²) in [4.78, 5) is 24.8. The van der Waals surface area contributed by atoms with Crippen LogP contribution in [0.25, 0.3) is 0 Å². The number of ether oxygens (including phenoxy) is 3. The second kappa shape index (κ2) is 6.56. The average molecular weight is 245 g/mol. The monoisotopic (exact) mass is 245 g/mol. The number of methoxy groups -OCH3 is 1. The molecule has 1 saturated heterocycles. The molecule has 6 nitrogen and oxygen atoms in total. The van der Waals surface area contributed by atoms with Gasteiger partial charge in [-0.15, -0.1) is 0 Å². The number of morpholine rings is 1. The number of carbonyl (C=O) groups excluding carboxylic acids is 2. The van der Waals surface area contributed by atoms with Crippen molar-refractivity contribution in [3.8, 4) is 0 Å². The van der Waals surface area contributed by atoms with Crippen molar-refractivity contribution in [1.82, 2.24) is 4.90 Å². The maximum absolute atomic E-state index is 11.9.